The number of hydrogen-bond donors (Lipinski definition) is 3. The molecule has 0 aromatic carbocycles. The Labute approximate surface area is 107 Å². The van der Waals surface area contributed by atoms with Gasteiger partial charge in [-0.1, -0.05) is 0 Å². The van der Waals surface area contributed by atoms with Gasteiger partial charge in [-0.15, -0.1) is 0 Å². The van der Waals surface area contributed by atoms with Crippen LogP contribution in [0.4, 0.5) is 0 Å². The molecule has 0 spiro atoms. The Kier molecular flexibility index (Phi) is 3.74. The molecular weight excluding hydrogens is 236 g/mol. The zero-order valence-corrected chi connectivity index (χ0v) is 11.3. The zero-order chi connectivity index (χ0) is 14.3. The molecule has 0 aliphatic carbocycles. The highest BCUT2D eigenvalue weighted by molar-refractivity contribution is 5.88. The molecule has 1 aliphatic heterocycles. The third kappa shape index (κ3) is 2.49. The molecule has 0 saturated carbocycles. The summed E-state index contributed by atoms with van der Waals surface area (Å²) in [4.78, 5) is 24.8. The molecule has 104 valence electrons. The summed E-state index contributed by atoms with van der Waals surface area (Å²) in [5, 5.41) is 18.6. The van der Waals surface area contributed by atoms with Gasteiger partial charge < -0.3 is 20.8 Å². The molecule has 1 heterocycles. The number of carbonyl (C=O) groups is 2. The van der Waals surface area contributed by atoms with Crippen LogP contribution in [-0.4, -0.2) is 51.2 Å². The Balaban J connectivity index is 3.00. The average Bonchev–Trinajstić information content (AvgIpc) is 2.57. The summed E-state index contributed by atoms with van der Waals surface area (Å²) in [7, 11) is 0. The number of hydrogen-bond acceptors (Lipinski definition) is 4. The number of carbonyl (C=O) groups excluding carboxylic acids is 1. The molecule has 1 amide bonds. The monoisotopic (exact) mass is 258 g/mol. The van der Waals surface area contributed by atoms with Crippen molar-refractivity contribution in [2.24, 2.45) is 11.1 Å². The minimum atomic E-state index is -1.09. The van der Waals surface area contributed by atoms with Gasteiger partial charge >= 0.3 is 5.97 Å². The number of aliphatic hydroxyl groups excluding tert-OH is 1. The summed E-state index contributed by atoms with van der Waals surface area (Å²) in [5.74, 6) is -1.43. The van der Waals surface area contributed by atoms with Crippen LogP contribution in [0, 0.1) is 5.41 Å². The molecule has 4 N–H and O–H groups in total. The predicted molar refractivity (Wildman–Crippen MR) is 65.8 cm³/mol. The number of β-amino-alcohol motifs (C(OH)–C–C–N with tert-alkyl or cyclic N) is 1. The van der Waals surface area contributed by atoms with Gasteiger partial charge in [0.2, 0.25) is 5.91 Å². The molecule has 1 rings (SSSR count). The Morgan fingerprint density at radius 1 is 1.28 bits per heavy atom. The van der Waals surface area contributed by atoms with Gasteiger partial charge in [0.25, 0.3) is 0 Å². The van der Waals surface area contributed by atoms with Crippen LogP contribution in [0.5, 0.6) is 0 Å². The van der Waals surface area contributed by atoms with Gasteiger partial charge in [-0.25, -0.2) is 4.79 Å². The lowest BCUT2D eigenvalue weighted by molar-refractivity contribution is -0.154. The molecule has 1 aliphatic rings. The first-order chi connectivity index (χ1) is 7.98. The Morgan fingerprint density at radius 2 is 1.78 bits per heavy atom. The summed E-state index contributed by atoms with van der Waals surface area (Å²) in [5.41, 5.74) is 4.31. The number of aliphatic hydroxyl groups is 1. The number of aliphatic carboxylic acids is 1. The highest BCUT2D eigenvalue weighted by Gasteiger charge is 2.48. The lowest BCUT2D eigenvalue weighted by Gasteiger charge is -2.40. The quantitative estimate of drug-likeness (QED) is 0.650. The smallest absolute Gasteiger partial charge is 0.326 e. The van der Waals surface area contributed by atoms with E-state index >= 15 is 0 Å². The van der Waals surface area contributed by atoms with E-state index in [1.807, 2.05) is 0 Å². The van der Waals surface area contributed by atoms with Crippen LogP contribution < -0.4 is 5.73 Å². The van der Waals surface area contributed by atoms with E-state index in [1.54, 1.807) is 27.7 Å². The van der Waals surface area contributed by atoms with Crippen LogP contribution in [0.1, 0.15) is 34.1 Å². The molecule has 6 nitrogen and oxygen atoms in total. The van der Waals surface area contributed by atoms with Crippen molar-refractivity contribution in [3.8, 4) is 0 Å². The normalized spacial score (nSPS) is 25.3. The van der Waals surface area contributed by atoms with Gasteiger partial charge in [-0.3, -0.25) is 4.79 Å². The summed E-state index contributed by atoms with van der Waals surface area (Å²) in [6.45, 7) is 6.90. The highest BCUT2D eigenvalue weighted by Crippen LogP contribution is 2.33. The predicted octanol–water partition coefficient (Wildman–Crippen LogP) is -0.204. The van der Waals surface area contributed by atoms with Gasteiger partial charge in [0.05, 0.1) is 11.5 Å². The Bertz CT molecular complexity index is 360. The van der Waals surface area contributed by atoms with Crippen LogP contribution in [0.25, 0.3) is 0 Å². The molecule has 1 fully saturated rings. The molecular formula is C12H22N2O4. The van der Waals surface area contributed by atoms with Crippen LogP contribution in [0.15, 0.2) is 0 Å². The second-order valence-electron chi connectivity index (χ2n) is 6.05. The van der Waals surface area contributed by atoms with E-state index in [4.69, 9.17) is 10.8 Å². The van der Waals surface area contributed by atoms with E-state index in [9.17, 15) is 14.7 Å². The first-order valence-corrected chi connectivity index (χ1v) is 5.99. The fourth-order valence-electron chi connectivity index (χ4n) is 1.91. The number of carboxylic acid groups (broad SMARTS) is 1. The van der Waals surface area contributed by atoms with Crippen molar-refractivity contribution in [3.63, 3.8) is 0 Å². The van der Waals surface area contributed by atoms with Crippen molar-refractivity contribution in [3.05, 3.63) is 0 Å². The van der Waals surface area contributed by atoms with Gasteiger partial charge in [0.1, 0.15) is 6.04 Å². The van der Waals surface area contributed by atoms with Crippen molar-refractivity contribution >= 4 is 11.9 Å². The summed E-state index contributed by atoms with van der Waals surface area (Å²) in [6, 6.07) is -0.964. The lowest BCUT2D eigenvalue weighted by Crippen LogP contribution is -2.58. The van der Waals surface area contributed by atoms with Crippen LogP contribution in [-0.2, 0) is 9.59 Å². The molecule has 0 bridgehead atoms. The largest absolute Gasteiger partial charge is 0.480 e. The number of nitrogens with two attached hydrogens (primary N) is 1. The molecule has 0 unspecified atom stereocenters. The van der Waals surface area contributed by atoms with E-state index in [0.717, 1.165) is 0 Å². The van der Waals surface area contributed by atoms with Crippen LogP contribution in [0.3, 0.4) is 0 Å². The fourth-order valence-corrected chi connectivity index (χ4v) is 1.91. The van der Waals surface area contributed by atoms with Gasteiger partial charge in [-0.2, -0.15) is 0 Å². The third-order valence-electron chi connectivity index (χ3n) is 3.97. The van der Waals surface area contributed by atoms with Crippen molar-refractivity contribution in [1.82, 2.24) is 4.90 Å². The molecule has 6 heteroatoms. The Hall–Kier alpha value is -1.14. The number of rotatable bonds is 3. The summed E-state index contributed by atoms with van der Waals surface area (Å²) >= 11 is 0. The fraction of sp³-hybridized carbons (Fsp3) is 0.833. The minimum absolute atomic E-state index is 0.0509. The van der Waals surface area contributed by atoms with Crippen molar-refractivity contribution < 1.29 is 19.8 Å². The molecule has 0 radical (unpaired) electrons. The van der Waals surface area contributed by atoms with E-state index < -0.39 is 29.1 Å². The van der Waals surface area contributed by atoms with E-state index in [2.05, 4.69) is 0 Å². The summed E-state index contributed by atoms with van der Waals surface area (Å²) < 4.78 is 0. The maximum atomic E-state index is 12.4. The maximum absolute atomic E-state index is 12.4. The highest BCUT2D eigenvalue weighted by atomic mass is 16.4. The first-order valence-electron chi connectivity index (χ1n) is 5.99. The maximum Gasteiger partial charge on any atom is 0.326 e. The second-order valence-corrected chi connectivity index (χ2v) is 6.05. The average molecular weight is 258 g/mol. The number of nitrogens with zero attached hydrogens (tertiary/aromatic N) is 1. The van der Waals surface area contributed by atoms with Crippen molar-refractivity contribution in [1.29, 1.82) is 0 Å². The molecule has 1 saturated heterocycles. The van der Waals surface area contributed by atoms with Gasteiger partial charge in [-0.05, 0) is 27.7 Å². The topological polar surface area (TPSA) is 104 Å². The van der Waals surface area contributed by atoms with Crippen LogP contribution >= 0.6 is 0 Å². The van der Waals surface area contributed by atoms with Gasteiger partial charge in [0.15, 0.2) is 0 Å². The van der Waals surface area contributed by atoms with Crippen molar-refractivity contribution in [2.45, 2.75) is 51.8 Å². The summed E-state index contributed by atoms with van der Waals surface area (Å²) in [6.07, 6.45) is -0.714. The number of carboxylic acids is 1. The first kappa shape index (κ1) is 14.9. The Morgan fingerprint density at radius 3 is 2.17 bits per heavy atom. The molecule has 0 aromatic heterocycles. The SMILES string of the molecule is CC(C)(N)C(C)(C)C(=O)N1C[C@H](O)C[C@H]1C(=O)O. The van der Waals surface area contributed by atoms with E-state index in [0.29, 0.717) is 0 Å². The van der Waals surface area contributed by atoms with Crippen molar-refractivity contribution in [2.75, 3.05) is 6.54 Å². The third-order valence-corrected chi connectivity index (χ3v) is 3.97. The molecule has 2 atom stereocenters. The van der Waals surface area contributed by atoms with E-state index in [-0.39, 0.29) is 18.9 Å². The standard InChI is InChI=1S/C12H22N2O4/c1-11(2,12(3,4)13)10(18)14-6-7(15)5-8(14)9(16)17/h7-8,15H,5-6,13H2,1-4H3,(H,16,17)/t7-,8+/m1/s1. The minimum Gasteiger partial charge on any atom is -0.480 e. The zero-order valence-electron chi connectivity index (χ0n) is 11.3. The molecule has 18 heavy (non-hydrogen) atoms. The molecule has 0 aromatic rings. The lowest BCUT2D eigenvalue weighted by atomic mass is 9.74. The number of likely N-dealkylation sites (tertiary alicyclic amines) is 1. The second kappa shape index (κ2) is 4.51. The van der Waals surface area contributed by atoms with E-state index in [1.165, 1.54) is 4.90 Å². The number of amides is 1. The van der Waals surface area contributed by atoms with Gasteiger partial charge in [0, 0.05) is 18.5 Å². The van der Waals surface area contributed by atoms with Crippen LogP contribution in [0.2, 0.25) is 0 Å².